The van der Waals surface area contributed by atoms with Crippen LogP contribution in [0.2, 0.25) is 0 Å². The number of hydrogen-bond donors (Lipinski definition) is 2. The number of nitrogens with two attached hydrogens (primary N) is 1. The Labute approximate surface area is 102 Å². The summed E-state index contributed by atoms with van der Waals surface area (Å²) in [6.07, 6.45) is 3.22. The molecule has 0 bridgehead atoms. The molecule has 0 heterocycles. The third-order valence-corrected chi connectivity index (χ3v) is 3.86. The molecule has 0 aromatic rings. The van der Waals surface area contributed by atoms with E-state index in [1.807, 2.05) is 0 Å². The molecule has 0 aromatic heterocycles. The van der Waals surface area contributed by atoms with Crippen LogP contribution < -0.4 is 11.1 Å². The van der Waals surface area contributed by atoms with Crippen molar-refractivity contribution in [2.75, 3.05) is 12.8 Å². The van der Waals surface area contributed by atoms with E-state index < -0.39 is 21.0 Å². The Balaban J connectivity index is 3.79. The molecule has 0 aliphatic rings. The highest BCUT2D eigenvalue weighted by molar-refractivity contribution is 7.92. The van der Waals surface area contributed by atoms with Gasteiger partial charge >= 0.3 is 0 Å². The van der Waals surface area contributed by atoms with E-state index in [9.17, 15) is 13.2 Å². The van der Waals surface area contributed by atoms with Crippen LogP contribution in [0, 0.1) is 0 Å². The molecule has 0 saturated heterocycles. The normalized spacial score (nSPS) is 13.1. The molecule has 0 aliphatic carbocycles. The van der Waals surface area contributed by atoms with Gasteiger partial charge < -0.3 is 11.1 Å². The molecule has 0 aromatic carbocycles. The molecule has 1 atom stereocenters. The van der Waals surface area contributed by atoms with Gasteiger partial charge in [0.1, 0.15) is 5.25 Å². The van der Waals surface area contributed by atoms with Crippen LogP contribution in [-0.4, -0.2) is 37.4 Å². The number of carbonyl (C=O) groups is 1. The van der Waals surface area contributed by atoms with Gasteiger partial charge in [-0.3, -0.25) is 4.79 Å². The van der Waals surface area contributed by atoms with E-state index >= 15 is 0 Å². The minimum Gasteiger partial charge on any atom is -0.393 e. The zero-order valence-corrected chi connectivity index (χ0v) is 11.2. The molecular formula is C9H18N2O3S2. The van der Waals surface area contributed by atoms with Crippen molar-refractivity contribution in [1.82, 2.24) is 5.32 Å². The van der Waals surface area contributed by atoms with Gasteiger partial charge in [-0.25, -0.2) is 8.42 Å². The van der Waals surface area contributed by atoms with E-state index in [0.717, 1.165) is 19.1 Å². The first-order valence-electron chi connectivity index (χ1n) is 5.00. The SMILES string of the molecule is CC(C(=O)NCCCCC(N)=S)S(C)(=O)=O. The molecule has 3 N–H and O–H groups in total. The van der Waals surface area contributed by atoms with E-state index in [-0.39, 0.29) is 0 Å². The number of amides is 1. The zero-order chi connectivity index (χ0) is 12.8. The van der Waals surface area contributed by atoms with Gasteiger partial charge in [0.25, 0.3) is 0 Å². The second kappa shape index (κ2) is 6.80. The van der Waals surface area contributed by atoms with Crippen molar-refractivity contribution < 1.29 is 13.2 Å². The van der Waals surface area contributed by atoms with Crippen LogP contribution in [0.4, 0.5) is 0 Å². The van der Waals surface area contributed by atoms with Crippen molar-refractivity contribution in [2.45, 2.75) is 31.4 Å². The van der Waals surface area contributed by atoms with Gasteiger partial charge in [0.15, 0.2) is 9.84 Å². The minimum absolute atomic E-state index is 0.446. The van der Waals surface area contributed by atoms with Crippen molar-refractivity contribution in [3.63, 3.8) is 0 Å². The largest absolute Gasteiger partial charge is 0.393 e. The molecule has 0 rings (SSSR count). The van der Waals surface area contributed by atoms with Crippen LogP contribution in [0.25, 0.3) is 0 Å². The minimum atomic E-state index is -3.31. The average molecular weight is 266 g/mol. The van der Waals surface area contributed by atoms with Gasteiger partial charge in [0.2, 0.25) is 5.91 Å². The van der Waals surface area contributed by atoms with Crippen LogP contribution in [0.5, 0.6) is 0 Å². The zero-order valence-electron chi connectivity index (χ0n) is 9.52. The standard InChI is InChI=1S/C9H18N2O3S2/c1-7(16(2,13)14)9(12)11-6-4-3-5-8(10)15/h7H,3-6H2,1-2H3,(H2,10,15)(H,11,12). The van der Waals surface area contributed by atoms with E-state index in [0.29, 0.717) is 18.0 Å². The maximum Gasteiger partial charge on any atom is 0.238 e. The summed E-state index contributed by atoms with van der Waals surface area (Å²) in [5, 5.41) is 1.56. The highest BCUT2D eigenvalue weighted by Gasteiger charge is 2.22. The maximum absolute atomic E-state index is 11.3. The summed E-state index contributed by atoms with van der Waals surface area (Å²) in [5.41, 5.74) is 5.30. The second-order valence-electron chi connectivity index (χ2n) is 3.69. The fourth-order valence-electron chi connectivity index (χ4n) is 0.974. The topological polar surface area (TPSA) is 89.3 Å². The van der Waals surface area contributed by atoms with E-state index in [4.69, 9.17) is 18.0 Å². The van der Waals surface area contributed by atoms with Crippen LogP contribution >= 0.6 is 12.2 Å². The van der Waals surface area contributed by atoms with Crippen LogP contribution in [0.1, 0.15) is 26.2 Å². The van der Waals surface area contributed by atoms with Crippen LogP contribution in [0.15, 0.2) is 0 Å². The Kier molecular flexibility index (Phi) is 6.51. The molecular weight excluding hydrogens is 248 g/mol. The Hall–Kier alpha value is -0.690. The summed E-state index contributed by atoms with van der Waals surface area (Å²) in [7, 11) is -3.31. The molecule has 0 fully saturated rings. The molecule has 1 amide bonds. The average Bonchev–Trinajstić information content (AvgIpc) is 2.13. The highest BCUT2D eigenvalue weighted by atomic mass is 32.2. The van der Waals surface area contributed by atoms with Crippen molar-refractivity contribution in [3.05, 3.63) is 0 Å². The van der Waals surface area contributed by atoms with E-state index in [1.54, 1.807) is 0 Å². The number of thiocarbonyl (C=S) groups is 1. The molecule has 94 valence electrons. The molecule has 0 spiro atoms. The lowest BCUT2D eigenvalue weighted by molar-refractivity contribution is -0.120. The Morgan fingerprint density at radius 2 is 2.00 bits per heavy atom. The third-order valence-electron chi connectivity index (χ3n) is 2.16. The molecule has 1 unspecified atom stereocenters. The van der Waals surface area contributed by atoms with Crippen LogP contribution in [0.3, 0.4) is 0 Å². The quantitative estimate of drug-likeness (QED) is 0.500. The summed E-state index contributed by atoms with van der Waals surface area (Å²) in [6.45, 7) is 1.82. The predicted molar refractivity (Wildman–Crippen MR) is 68.0 cm³/mol. The Morgan fingerprint density at radius 1 is 1.44 bits per heavy atom. The van der Waals surface area contributed by atoms with Gasteiger partial charge in [0.05, 0.1) is 4.99 Å². The van der Waals surface area contributed by atoms with Crippen molar-refractivity contribution in [3.8, 4) is 0 Å². The lowest BCUT2D eigenvalue weighted by Gasteiger charge is -2.09. The molecule has 5 nitrogen and oxygen atoms in total. The Morgan fingerprint density at radius 3 is 2.44 bits per heavy atom. The fraction of sp³-hybridized carbons (Fsp3) is 0.778. The molecule has 0 radical (unpaired) electrons. The third kappa shape index (κ3) is 6.73. The number of hydrogen-bond acceptors (Lipinski definition) is 4. The first-order valence-corrected chi connectivity index (χ1v) is 7.36. The van der Waals surface area contributed by atoms with Gasteiger partial charge in [-0.15, -0.1) is 0 Å². The van der Waals surface area contributed by atoms with Crippen molar-refractivity contribution in [2.24, 2.45) is 5.73 Å². The fourth-order valence-corrected chi connectivity index (χ4v) is 1.59. The molecule has 16 heavy (non-hydrogen) atoms. The summed E-state index contributed by atoms with van der Waals surface area (Å²) >= 11 is 4.70. The first kappa shape index (κ1) is 15.3. The smallest absolute Gasteiger partial charge is 0.238 e. The Bertz CT molecular complexity index is 352. The number of unbranched alkanes of at least 4 members (excludes halogenated alkanes) is 1. The van der Waals surface area contributed by atoms with E-state index in [1.165, 1.54) is 6.92 Å². The maximum atomic E-state index is 11.3. The predicted octanol–water partition coefficient (Wildman–Crippen LogP) is -0.00790. The summed E-state index contributed by atoms with van der Waals surface area (Å²) in [5.74, 6) is -0.460. The summed E-state index contributed by atoms with van der Waals surface area (Å²) < 4.78 is 22.1. The van der Waals surface area contributed by atoms with Crippen molar-refractivity contribution in [1.29, 1.82) is 0 Å². The molecule has 0 aliphatic heterocycles. The van der Waals surface area contributed by atoms with Gasteiger partial charge in [-0.1, -0.05) is 12.2 Å². The molecule has 0 saturated carbocycles. The monoisotopic (exact) mass is 266 g/mol. The second-order valence-corrected chi connectivity index (χ2v) is 6.58. The summed E-state index contributed by atoms with van der Waals surface area (Å²) in [6, 6.07) is 0. The number of rotatable bonds is 7. The van der Waals surface area contributed by atoms with Crippen LogP contribution in [-0.2, 0) is 14.6 Å². The number of nitrogens with one attached hydrogen (secondary N) is 1. The molecule has 7 heteroatoms. The van der Waals surface area contributed by atoms with Gasteiger partial charge in [-0.2, -0.15) is 0 Å². The van der Waals surface area contributed by atoms with Gasteiger partial charge in [0, 0.05) is 12.8 Å². The summed E-state index contributed by atoms with van der Waals surface area (Å²) in [4.78, 5) is 11.8. The highest BCUT2D eigenvalue weighted by Crippen LogP contribution is 1.98. The van der Waals surface area contributed by atoms with Gasteiger partial charge in [-0.05, 0) is 26.2 Å². The number of sulfone groups is 1. The lowest BCUT2D eigenvalue weighted by Crippen LogP contribution is -2.37. The number of carbonyl (C=O) groups excluding carboxylic acids is 1. The first-order chi connectivity index (χ1) is 7.25. The van der Waals surface area contributed by atoms with Crippen molar-refractivity contribution >= 4 is 33.0 Å². The van der Waals surface area contributed by atoms with E-state index in [2.05, 4.69) is 5.32 Å². The lowest BCUT2D eigenvalue weighted by atomic mass is 10.2.